The minimum atomic E-state index is -3.50. The van der Waals surface area contributed by atoms with Crippen molar-refractivity contribution in [2.24, 2.45) is 0 Å². The summed E-state index contributed by atoms with van der Waals surface area (Å²) in [5.41, 5.74) is 3.05. The summed E-state index contributed by atoms with van der Waals surface area (Å²) in [6.45, 7) is 5.70. The van der Waals surface area contributed by atoms with E-state index in [2.05, 4.69) is 4.72 Å². The topological polar surface area (TPSA) is 46.2 Å². The second-order valence-electron chi connectivity index (χ2n) is 5.46. The number of aryl methyl sites for hydroxylation is 1. The fourth-order valence-corrected chi connectivity index (χ4v) is 3.33. The van der Waals surface area contributed by atoms with Crippen LogP contribution in [0.2, 0.25) is 0 Å². The molecule has 0 bridgehead atoms. The molecular formula is C18H21NO2S. The van der Waals surface area contributed by atoms with Crippen molar-refractivity contribution in [1.29, 1.82) is 0 Å². The Balaban J connectivity index is 2.15. The van der Waals surface area contributed by atoms with Crippen LogP contribution in [0.5, 0.6) is 0 Å². The number of hydrogen-bond acceptors (Lipinski definition) is 2. The molecule has 0 saturated carbocycles. The van der Waals surface area contributed by atoms with E-state index >= 15 is 0 Å². The van der Waals surface area contributed by atoms with Gasteiger partial charge in [0.1, 0.15) is 0 Å². The highest BCUT2D eigenvalue weighted by Crippen LogP contribution is 2.14. The summed E-state index contributed by atoms with van der Waals surface area (Å²) in [6.07, 6.45) is 1.99. The van der Waals surface area contributed by atoms with Crippen LogP contribution in [0.15, 0.2) is 65.1 Å². The number of nitrogens with one attached hydrogen (secondary N) is 1. The van der Waals surface area contributed by atoms with Gasteiger partial charge in [-0.3, -0.25) is 0 Å². The molecule has 22 heavy (non-hydrogen) atoms. The molecule has 0 amide bonds. The summed E-state index contributed by atoms with van der Waals surface area (Å²) in [5, 5.41) is 0. The van der Waals surface area contributed by atoms with Crippen LogP contribution < -0.4 is 4.72 Å². The number of rotatable bonds is 5. The minimum absolute atomic E-state index is 0.272. The third-order valence-corrected chi connectivity index (χ3v) is 5.10. The van der Waals surface area contributed by atoms with E-state index in [1.807, 2.05) is 57.2 Å². The Morgan fingerprint density at radius 2 is 1.64 bits per heavy atom. The highest BCUT2D eigenvalue weighted by atomic mass is 32.2. The standard InChI is InChI=1S/C18H21NO2S/c1-14-9-11-18(12-10-14)22(20,21)19-16(3)15(2)13-17-7-5-4-6-8-17/h4-13,16,19H,1-3H3/b15-13+. The van der Waals surface area contributed by atoms with Gasteiger partial charge in [-0.2, -0.15) is 0 Å². The Labute approximate surface area is 132 Å². The lowest BCUT2D eigenvalue weighted by Gasteiger charge is -2.15. The highest BCUT2D eigenvalue weighted by molar-refractivity contribution is 7.89. The molecule has 0 aromatic heterocycles. The average molecular weight is 315 g/mol. The van der Waals surface area contributed by atoms with Gasteiger partial charge in [0.25, 0.3) is 0 Å². The fraction of sp³-hybridized carbons (Fsp3) is 0.222. The van der Waals surface area contributed by atoms with Crippen LogP contribution in [0.4, 0.5) is 0 Å². The molecule has 0 spiro atoms. The molecule has 4 heteroatoms. The van der Waals surface area contributed by atoms with Gasteiger partial charge in [0, 0.05) is 6.04 Å². The Morgan fingerprint density at radius 3 is 2.23 bits per heavy atom. The summed E-state index contributed by atoms with van der Waals surface area (Å²) >= 11 is 0. The van der Waals surface area contributed by atoms with Crippen LogP contribution in [0.25, 0.3) is 6.08 Å². The second kappa shape index (κ2) is 6.90. The number of sulfonamides is 1. The summed E-state index contributed by atoms with van der Waals surface area (Å²) < 4.78 is 27.5. The van der Waals surface area contributed by atoms with Crippen molar-refractivity contribution in [3.63, 3.8) is 0 Å². The van der Waals surface area contributed by atoms with E-state index in [-0.39, 0.29) is 10.9 Å². The van der Waals surface area contributed by atoms with E-state index in [1.54, 1.807) is 24.3 Å². The van der Waals surface area contributed by atoms with E-state index in [0.717, 1.165) is 16.7 Å². The molecule has 2 aromatic carbocycles. The van der Waals surface area contributed by atoms with E-state index in [1.165, 1.54) is 0 Å². The van der Waals surface area contributed by atoms with Gasteiger partial charge in [0.05, 0.1) is 4.90 Å². The predicted octanol–water partition coefficient (Wildman–Crippen LogP) is 3.77. The van der Waals surface area contributed by atoms with Crippen molar-refractivity contribution >= 4 is 16.1 Å². The smallest absolute Gasteiger partial charge is 0.207 e. The third-order valence-electron chi connectivity index (χ3n) is 3.54. The van der Waals surface area contributed by atoms with Gasteiger partial charge in [0.2, 0.25) is 10.0 Å². The van der Waals surface area contributed by atoms with E-state index in [4.69, 9.17) is 0 Å². The van der Waals surface area contributed by atoms with E-state index < -0.39 is 10.0 Å². The molecule has 1 unspecified atom stereocenters. The molecule has 0 aliphatic rings. The van der Waals surface area contributed by atoms with Crippen LogP contribution >= 0.6 is 0 Å². The molecule has 1 N–H and O–H groups in total. The monoisotopic (exact) mass is 315 g/mol. The molecule has 2 rings (SSSR count). The lowest BCUT2D eigenvalue weighted by Crippen LogP contribution is -2.33. The zero-order valence-electron chi connectivity index (χ0n) is 13.1. The van der Waals surface area contributed by atoms with Gasteiger partial charge in [-0.25, -0.2) is 13.1 Å². The first-order valence-corrected chi connectivity index (χ1v) is 8.69. The Bertz CT molecular complexity index is 747. The van der Waals surface area contributed by atoms with Gasteiger partial charge in [-0.1, -0.05) is 59.7 Å². The second-order valence-corrected chi connectivity index (χ2v) is 7.17. The molecule has 116 valence electrons. The molecule has 0 fully saturated rings. The number of benzene rings is 2. The first-order chi connectivity index (χ1) is 10.4. The molecule has 0 heterocycles. The SMILES string of the molecule is C/C(=C\c1ccccc1)C(C)NS(=O)(=O)c1ccc(C)cc1. The predicted molar refractivity (Wildman–Crippen MR) is 91.1 cm³/mol. The van der Waals surface area contributed by atoms with Crippen molar-refractivity contribution in [1.82, 2.24) is 4.72 Å². The Kier molecular flexibility index (Phi) is 5.16. The lowest BCUT2D eigenvalue weighted by atomic mass is 10.1. The molecule has 0 aliphatic carbocycles. The van der Waals surface area contributed by atoms with Gasteiger partial charge in [-0.15, -0.1) is 0 Å². The molecular weight excluding hydrogens is 294 g/mol. The van der Waals surface area contributed by atoms with Gasteiger partial charge >= 0.3 is 0 Å². The number of hydrogen-bond donors (Lipinski definition) is 1. The van der Waals surface area contributed by atoms with Crippen LogP contribution in [0, 0.1) is 6.92 Å². The first-order valence-electron chi connectivity index (χ1n) is 7.21. The summed E-state index contributed by atoms with van der Waals surface area (Å²) in [5.74, 6) is 0. The van der Waals surface area contributed by atoms with Crippen molar-refractivity contribution in [3.05, 3.63) is 71.3 Å². The maximum Gasteiger partial charge on any atom is 0.241 e. The summed E-state index contributed by atoms with van der Waals surface area (Å²) in [7, 11) is -3.50. The first kappa shape index (κ1) is 16.5. The van der Waals surface area contributed by atoms with Crippen molar-refractivity contribution in [2.45, 2.75) is 31.7 Å². The largest absolute Gasteiger partial charge is 0.241 e. The van der Waals surface area contributed by atoms with E-state index in [9.17, 15) is 8.42 Å². The average Bonchev–Trinajstić information content (AvgIpc) is 2.48. The zero-order valence-corrected chi connectivity index (χ0v) is 13.9. The van der Waals surface area contributed by atoms with Crippen molar-refractivity contribution in [3.8, 4) is 0 Å². The van der Waals surface area contributed by atoms with Crippen LogP contribution in [0.3, 0.4) is 0 Å². The quantitative estimate of drug-likeness (QED) is 0.913. The molecule has 3 nitrogen and oxygen atoms in total. The maximum atomic E-state index is 12.4. The lowest BCUT2D eigenvalue weighted by molar-refractivity contribution is 0.573. The normalized spacial score (nSPS) is 13.9. The molecule has 2 aromatic rings. The Morgan fingerprint density at radius 1 is 1.05 bits per heavy atom. The summed E-state index contributed by atoms with van der Waals surface area (Å²) in [6, 6.07) is 16.4. The van der Waals surface area contributed by atoms with Gasteiger partial charge in [-0.05, 0) is 38.5 Å². The van der Waals surface area contributed by atoms with E-state index in [0.29, 0.717) is 0 Å². The molecule has 0 radical (unpaired) electrons. The van der Waals surface area contributed by atoms with Crippen LogP contribution in [-0.4, -0.2) is 14.5 Å². The van der Waals surface area contributed by atoms with Gasteiger partial charge < -0.3 is 0 Å². The maximum absolute atomic E-state index is 12.4. The molecule has 0 aliphatic heterocycles. The molecule has 0 saturated heterocycles. The minimum Gasteiger partial charge on any atom is -0.207 e. The third kappa shape index (κ3) is 4.29. The van der Waals surface area contributed by atoms with Gasteiger partial charge in [0.15, 0.2) is 0 Å². The van der Waals surface area contributed by atoms with Crippen LogP contribution in [-0.2, 0) is 10.0 Å². The van der Waals surface area contributed by atoms with Crippen molar-refractivity contribution in [2.75, 3.05) is 0 Å². The van der Waals surface area contributed by atoms with Crippen LogP contribution in [0.1, 0.15) is 25.0 Å². The Hall–Kier alpha value is -1.91. The highest BCUT2D eigenvalue weighted by Gasteiger charge is 2.17. The summed E-state index contributed by atoms with van der Waals surface area (Å²) in [4.78, 5) is 0.289. The fourth-order valence-electron chi connectivity index (χ4n) is 2.05. The van der Waals surface area contributed by atoms with Crippen molar-refractivity contribution < 1.29 is 8.42 Å². The zero-order chi connectivity index (χ0) is 16.2. The molecule has 1 atom stereocenters.